The van der Waals surface area contributed by atoms with Crippen molar-refractivity contribution in [1.82, 2.24) is 4.90 Å². The van der Waals surface area contributed by atoms with Crippen LogP contribution in [-0.4, -0.2) is 37.1 Å². The highest BCUT2D eigenvalue weighted by atomic mass is 16.5. The molecule has 1 amide bonds. The van der Waals surface area contributed by atoms with Crippen LogP contribution in [0.25, 0.3) is 6.08 Å². The van der Waals surface area contributed by atoms with Crippen LogP contribution in [0.2, 0.25) is 0 Å². The molecule has 1 atom stereocenters. The second-order valence-electron chi connectivity index (χ2n) is 5.35. The number of benzene rings is 1. The van der Waals surface area contributed by atoms with E-state index in [-0.39, 0.29) is 12.0 Å². The lowest BCUT2D eigenvalue weighted by Crippen LogP contribution is -2.40. The molecule has 20 heavy (non-hydrogen) atoms. The van der Waals surface area contributed by atoms with Crippen molar-refractivity contribution in [2.45, 2.75) is 25.9 Å². The molecule has 1 saturated heterocycles. The molecule has 0 aliphatic carbocycles. The zero-order valence-corrected chi connectivity index (χ0v) is 11.9. The van der Waals surface area contributed by atoms with Gasteiger partial charge in [-0.3, -0.25) is 4.79 Å². The van der Waals surface area contributed by atoms with E-state index in [0.29, 0.717) is 0 Å². The van der Waals surface area contributed by atoms with Gasteiger partial charge in [-0.15, -0.1) is 0 Å². The van der Waals surface area contributed by atoms with Gasteiger partial charge in [0.2, 0.25) is 5.91 Å². The molecule has 1 aromatic carbocycles. The third-order valence-electron chi connectivity index (χ3n) is 3.82. The number of likely N-dealkylation sites (tertiary alicyclic amines) is 1. The van der Waals surface area contributed by atoms with Crippen molar-refractivity contribution in [2.24, 2.45) is 0 Å². The van der Waals surface area contributed by atoms with E-state index in [2.05, 4.69) is 6.92 Å². The SMILES string of the molecule is COc1cc2c(cc1C=CC(=O)N1CCC1)OC(C)C2. The quantitative estimate of drug-likeness (QED) is 0.793. The number of hydrogen-bond acceptors (Lipinski definition) is 3. The first kappa shape index (κ1) is 13.0. The molecule has 4 heteroatoms. The Morgan fingerprint density at radius 3 is 2.90 bits per heavy atom. The van der Waals surface area contributed by atoms with Gasteiger partial charge in [-0.2, -0.15) is 0 Å². The molecule has 2 aliphatic rings. The number of methoxy groups -OCH3 is 1. The fourth-order valence-electron chi connectivity index (χ4n) is 2.57. The first-order valence-electron chi connectivity index (χ1n) is 7.02. The summed E-state index contributed by atoms with van der Waals surface area (Å²) in [6, 6.07) is 3.96. The lowest BCUT2D eigenvalue weighted by atomic mass is 10.1. The maximum absolute atomic E-state index is 11.9. The summed E-state index contributed by atoms with van der Waals surface area (Å²) < 4.78 is 11.2. The second-order valence-corrected chi connectivity index (χ2v) is 5.35. The molecule has 1 aromatic rings. The fraction of sp³-hybridized carbons (Fsp3) is 0.438. The van der Waals surface area contributed by atoms with Crippen molar-refractivity contribution in [3.05, 3.63) is 29.3 Å². The van der Waals surface area contributed by atoms with Gasteiger partial charge in [-0.1, -0.05) is 0 Å². The summed E-state index contributed by atoms with van der Waals surface area (Å²) in [4.78, 5) is 13.7. The van der Waals surface area contributed by atoms with Crippen molar-refractivity contribution in [2.75, 3.05) is 20.2 Å². The van der Waals surface area contributed by atoms with E-state index in [4.69, 9.17) is 9.47 Å². The van der Waals surface area contributed by atoms with E-state index in [0.717, 1.165) is 43.0 Å². The van der Waals surface area contributed by atoms with Crippen LogP contribution in [0.1, 0.15) is 24.5 Å². The van der Waals surface area contributed by atoms with Crippen molar-refractivity contribution in [3.63, 3.8) is 0 Å². The molecule has 0 spiro atoms. The molecular formula is C16H19NO3. The van der Waals surface area contributed by atoms with Crippen molar-refractivity contribution in [1.29, 1.82) is 0 Å². The Kier molecular flexibility index (Phi) is 3.38. The van der Waals surface area contributed by atoms with Crippen molar-refractivity contribution < 1.29 is 14.3 Å². The zero-order chi connectivity index (χ0) is 14.1. The van der Waals surface area contributed by atoms with Gasteiger partial charge >= 0.3 is 0 Å². The number of carbonyl (C=O) groups is 1. The molecule has 0 N–H and O–H groups in total. The van der Waals surface area contributed by atoms with Crippen molar-refractivity contribution in [3.8, 4) is 11.5 Å². The predicted molar refractivity (Wildman–Crippen MR) is 77.0 cm³/mol. The van der Waals surface area contributed by atoms with Crippen LogP contribution in [-0.2, 0) is 11.2 Å². The Labute approximate surface area is 119 Å². The molecule has 4 nitrogen and oxygen atoms in total. The van der Waals surface area contributed by atoms with Gasteiger partial charge in [-0.05, 0) is 31.6 Å². The van der Waals surface area contributed by atoms with Crippen molar-refractivity contribution >= 4 is 12.0 Å². The largest absolute Gasteiger partial charge is 0.496 e. The molecule has 1 unspecified atom stereocenters. The average Bonchev–Trinajstić information content (AvgIpc) is 2.72. The summed E-state index contributed by atoms with van der Waals surface area (Å²) in [5.41, 5.74) is 2.05. The Morgan fingerprint density at radius 1 is 1.45 bits per heavy atom. The van der Waals surface area contributed by atoms with Crippen LogP contribution < -0.4 is 9.47 Å². The van der Waals surface area contributed by atoms with E-state index in [1.165, 1.54) is 5.56 Å². The number of rotatable bonds is 3. The highest BCUT2D eigenvalue weighted by Crippen LogP contribution is 2.35. The lowest BCUT2D eigenvalue weighted by Gasteiger charge is -2.29. The number of carbonyl (C=O) groups excluding carboxylic acids is 1. The lowest BCUT2D eigenvalue weighted by molar-refractivity contribution is -0.129. The topological polar surface area (TPSA) is 38.8 Å². The number of hydrogen-bond donors (Lipinski definition) is 0. The molecule has 106 valence electrons. The highest BCUT2D eigenvalue weighted by Gasteiger charge is 2.21. The Bertz CT molecular complexity index is 561. The van der Waals surface area contributed by atoms with E-state index in [1.807, 2.05) is 23.1 Å². The standard InChI is InChI=1S/C16H19NO3/c1-11-8-13-10-14(19-2)12(9-15(13)20-11)4-5-16(18)17-6-3-7-17/h4-5,9-11H,3,6-8H2,1-2H3. The first-order chi connectivity index (χ1) is 9.67. The van der Waals surface area contributed by atoms with E-state index in [9.17, 15) is 4.79 Å². The molecule has 0 radical (unpaired) electrons. The highest BCUT2D eigenvalue weighted by molar-refractivity contribution is 5.92. The van der Waals surface area contributed by atoms with Gasteiger partial charge in [0.05, 0.1) is 7.11 Å². The molecule has 0 bridgehead atoms. The van der Waals surface area contributed by atoms with Crippen LogP contribution in [0.3, 0.4) is 0 Å². The van der Waals surface area contributed by atoms with Crippen LogP contribution >= 0.6 is 0 Å². The number of amides is 1. The predicted octanol–water partition coefficient (Wildman–Crippen LogP) is 2.26. The van der Waals surface area contributed by atoms with Crippen LogP contribution in [0.5, 0.6) is 11.5 Å². The average molecular weight is 273 g/mol. The minimum absolute atomic E-state index is 0.0630. The van der Waals surface area contributed by atoms with E-state index in [1.54, 1.807) is 13.2 Å². The minimum atomic E-state index is 0.0630. The summed E-state index contributed by atoms with van der Waals surface area (Å²) in [6.07, 6.45) is 5.64. The third kappa shape index (κ3) is 2.38. The number of ether oxygens (including phenoxy) is 2. The summed E-state index contributed by atoms with van der Waals surface area (Å²) in [5, 5.41) is 0. The van der Waals surface area contributed by atoms with Gasteiger partial charge in [0.1, 0.15) is 17.6 Å². The maximum Gasteiger partial charge on any atom is 0.246 e. The van der Waals surface area contributed by atoms with E-state index >= 15 is 0 Å². The minimum Gasteiger partial charge on any atom is -0.496 e. The number of fused-ring (bicyclic) bond motifs is 1. The smallest absolute Gasteiger partial charge is 0.246 e. The zero-order valence-electron chi connectivity index (χ0n) is 11.9. The Morgan fingerprint density at radius 2 is 2.25 bits per heavy atom. The van der Waals surface area contributed by atoms with Gasteiger partial charge < -0.3 is 14.4 Å². The monoisotopic (exact) mass is 273 g/mol. The molecule has 1 fully saturated rings. The first-order valence-corrected chi connectivity index (χ1v) is 7.02. The summed E-state index contributed by atoms with van der Waals surface area (Å²) in [5.74, 6) is 1.75. The van der Waals surface area contributed by atoms with Crippen LogP contribution in [0, 0.1) is 0 Å². The molecule has 2 heterocycles. The molecule has 0 aromatic heterocycles. The molecule has 0 saturated carbocycles. The van der Waals surface area contributed by atoms with Gasteiger partial charge in [0, 0.05) is 36.7 Å². The maximum atomic E-state index is 11.9. The summed E-state index contributed by atoms with van der Waals surface area (Å²) >= 11 is 0. The van der Waals surface area contributed by atoms with Crippen LogP contribution in [0.15, 0.2) is 18.2 Å². The fourth-order valence-corrected chi connectivity index (χ4v) is 2.57. The van der Waals surface area contributed by atoms with E-state index < -0.39 is 0 Å². The molecule has 2 aliphatic heterocycles. The van der Waals surface area contributed by atoms with Gasteiger partial charge in [0.15, 0.2) is 0 Å². The summed E-state index contributed by atoms with van der Waals surface area (Å²) in [7, 11) is 1.65. The Balaban J connectivity index is 1.83. The Hall–Kier alpha value is -1.97. The second kappa shape index (κ2) is 5.19. The number of nitrogens with zero attached hydrogens (tertiary/aromatic N) is 1. The van der Waals surface area contributed by atoms with Crippen LogP contribution in [0.4, 0.5) is 0 Å². The van der Waals surface area contributed by atoms with Gasteiger partial charge in [-0.25, -0.2) is 0 Å². The third-order valence-corrected chi connectivity index (χ3v) is 3.82. The normalized spacial score (nSPS) is 20.5. The van der Waals surface area contributed by atoms with Gasteiger partial charge in [0.25, 0.3) is 0 Å². The molecule has 3 rings (SSSR count). The summed E-state index contributed by atoms with van der Waals surface area (Å²) in [6.45, 7) is 3.78. The molecular weight excluding hydrogens is 254 g/mol.